The van der Waals surface area contributed by atoms with Crippen molar-refractivity contribution in [2.75, 3.05) is 13.2 Å². The van der Waals surface area contributed by atoms with Gasteiger partial charge in [-0.2, -0.15) is 0 Å². The highest BCUT2D eigenvalue weighted by molar-refractivity contribution is 6.06. The molecule has 1 aromatic carbocycles. The van der Waals surface area contributed by atoms with Crippen LogP contribution in [0.2, 0.25) is 0 Å². The second-order valence-corrected chi connectivity index (χ2v) is 6.78. The Kier molecular flexibility index (Phi) is 5.49. The zero-order valence-corrected chi connectivity index (χ0v) is 14.7. The molecule has 1 aliphatic rings. The van der Waals surface area contributed by atoms with Gasteiger partial charge in [-0.1, -0.05) is 32.0 Å². The predicted molar refractivity (Wildman–Crippen MR) is 91.0 cm³/mol. The number of hydrogen-bond acceptors (Lipinski definition) is 4. The third kappa shape index (κ3) is 3.87. The molecule has 6 heteroatoms. The van der Waals surface area contributed by atoms with Crippen LogP contribution in [0.15, 0.2) is 24.3 Å². The fourth-order valence-electron chi connectivity index (χ4n) is 2.67. The molecule has 0 aromatic heterocycles. The van der Waals surface area contributed by atoms with E-state index in [1.54, 1.807) is 13.8 Å². The van der Waals surface area contributed by atoms with Crippen LogP contribution in [0.3, 0.4) is 0 Å². The Bertz CT molecular complexity index is 615. The number of aliphatic hydroxyl groups excluding tert-OH is 1. The van der Waals surface area contributed by atoms with Gasteiger partial charge in [-0.25, -0.2) is 4.79 Å². The fraction of sp³-hybridized carbons (Fsp3) is 0.556. The van der Waals surface area contributed by atoms with Gasteiger partial charge in [0.15, 0.2) is 0 Å². The van der Waals surface area contributed by atoms with E-state index in [1.165, 1.54) is 0 Å². The summed E-state index contributed by atoms with van der Waals surface area (Å²) >= 11 is 0. The van der Waals surface area contributed by atoms with Crippen molar-refractivity contribution in [1.82, 2.24) is 10.2 Å². The molecule has 0 unspecified atom stereocenters. The van der Waals surface area contributed by atoms with Gasteiger partial charge < -0.3 is 15.2 Å². The average molecular weight is 334 g/mol. The minimum absolute atomic E-state index is 0.0188. The van der Waals surface area contributed by atoms with E-state index in [2.05, 4.69) is 19.2 Å². The number of hydrogen-bond donors (Lipinski definition) is 2. The monoisotopic (exact) mass is 334 g/mol. The lowest BCUT2D eigenvalue weighted by atomic mass is 9.98. The van der Waals surface area contributed by atoms with Gasteiger partial charge in [0, 0.05) is 0 Å². The van der Waals surface area contributed by atoms with Crippen molar-refractivity contribution in [2.45, 2.75) is 51.7 Å². The van der Waals surface area contributed by atoms with Crippen molar-refractivity contribution >= 4 is 11.9 Å². The number of urea groups is 1. The van der Waals surface area contributed by atoms with Gasteiger partial charge in [0.2, 0.25) is 0 Å². The van der Waals surface area contributed by atoms with Crippen molar-refractivity contribution in [3.8, 4) is 5.75 Å². The number of β-amino-alcohol motifs (C(OH)–C–C–N with tert-alkyl or cyclic N) is 1. The second kappa shape index (κ2) is 7.21. The number of nitrogens with zero attached hydrogens (tertiary/aromatic N) is 1. The van der Waals surface area contributed by atoms with E-state index in [1.807, 2.05) is 24.3 Å². The first-order chi connectivity index (χ1) is 11.3. The maximum Gasteiger partial charge on any atom is 0.325 e. The van der Waals surface area contributed by atoms with Gasteiger partial charge >= 0.3 is 6.03 Å². The Morgan fingerprint density at radius 3 is 2.54 bits per heavy atom. The molecule has 0 radical (unpaired) electrons. The molecule has 0 aliphatic carbocycles. The molecule has 0 saturated carbocycles. The lowest BCUT2D eigenvalue weighted by molar-refractivity contribution is -0.131. The van der Waals surface area contributed by atoms with E-state index < -0.39 is 17.7 Å². The molecular weight excluding hydrogens is 308 g/mol. The molecule has 24 heavy (non-hydrogen) atoms. The second-order valence-electron chi connectivity index (χ2n) is 6.78. The number of carbonyl (C=O) groups excluding carboxylic acids is 2. The van der Waals surface area contributed by atoms with E-state index in [9.17, 15) is 14.7 Å². The summed E-state index contributed by atoms with van der Waals surface area (Å²) in [5, 5.41) is 12.8. The number of aliphatic hydroxyl groups is 1. The minimum Gasteiger partial charge on any atom is -0.491 e. The van der Waals surface area contributed by atoms with Crippen LogP contribution in [0.5, 0.6) is 5.75 Å². The maximum atomic E-state index is 12.1. The van der Waals surface area contributed by atoms with E-state index in [4.69, 9.17) is 4.74 Å². The zero-order valence-electron chi connectivity index (χ0n) is 14.7. The molecule has 6 nitrogen and oxygen atoms in total. The van der Waals surface area contributed by atoms with Gasteiger partial charge in [-0.3, -0.25) is 9.69 Å². The average Bonchev–Trinajstić information content (AvgIpc) is 2.74. The molecule has 2 N–H and O–H groups in total. The highest BCUT2D eigenvalue weighted by Crippen LogP contribution is 2.28. The van der Waals surface area contributed by atoms with Gasteiger partial charge in [0.05, 0.1) is 6.54 Å². The van der Waals surface area contributed by atoms with Crippen molar-refractivity contribution in [1.29, 1.82) is 0 Å². The quantitative estimate of drug-likeness (QED) is 0.750. The lowest BCUT2D eigenvalue weighted by Gasteiger charge is -2.21. The first kappa shape index (κ1) is 18.3. The molecule has 2 rings (SSSR count). The maximum absolute atomic E-state index is 12.1. The molecule has 132 valence electrons. The minimum atomic E-state index is -0.946. The molecule has 3 amide bonds. The summed E-state index contributed by atoms with van der Waals surface area (Å²) in [6, 6.07) is 7.23. The van der Waals surface area contributed by atoms with Crippen molar-refractivity contribution in [3.05, 3.63) is 29.8 Å². The van der Waals surface area contributed by atoms with Gasteiger partial charge in [-0.05, 0) is 37.8 Å². The van der Waals surface area contributed by atoms with Crippen LogP contribution in [0.4, 0.5) is 4.79 Å². The largest absolute Gasteiger partial charge is 0.491 e. The number of imide groups is 1. The number of ether oxygens (including phenoxy) is 1. The number of benzene rings is 1. The Morgan fingerprint density at radius 2 is 1.96 bits per heavy atom. The molecule has 0 bridgehead atoms. The normalized spacial score (nSPS) is 19.1. The Morgan fingerprint density at radius 1 is 1.29 bits per heavy atom. The molecular formula is C18H26N2O4. The van der Waals surface area contributed by atoms with E-state index in [0.29, 0.717) is 5.92 Å². The Balaban J connectivity index is 1.96. The van der Waals surface area contributed by atoms with Crippen LogP contribution >= 0.6 is 0 Å². The summed E-state index contributed by atoms with van der Waals surface area (Å²) in [5.41, 5.74) is 0.157. The third-order valence-electron chi connectivity index (χ3n) is 4.33. The van der Waals surface area contributed by atoms with Gasteiger partial charge in [0.1, 0.15) is 24.0 Å². The molecule has 1 aliphatic heterocycles. The van der Waals surface area contributed by atoms with Crippen LogP contribution < -0.4 is 10.1 Å². The van der Waals surface area contributed by atoms with E-state index in [-0.39, 0.29) is 19.1 Å². The van der Waals surface area contributed by atoms with E-state index in [0.717, 1.165) is 22.6 Å². The van der Waals surface area contributed by atoms with Crippen molar-refractivity contribution in [2.24, 2.45) is 0 Å². The molecule has 1 saturated heterocycles. The third-order valence-corrected chi connectivity index (χ3v) is 4.33. The number of nitrogens with one attached hydrogen (secondary N) is 1. The molecule has 1 heterocycles. The van der Waals surface area contributed by atoms with Crippen LogP contribution in [-0.2, 0) is 4.79 Å². The fourth-order valence-corrected chi connectivity index (χ4v) is 2.67. The highest BCUT2D eigenvalue weighted by Gasteiger charge is 2.44. The van der Waals surface area contributed by atoms with Crippen molar-refractivity contribution < 1.29 is 19.4 Å². The van der Waals surface area contributed by atoms with Crippen LogP contribution in [0.1, 0.15) is 45.6 Å². The summed E-state index contributed by atoms with van der Waals surface area (Å²) < 4.78 is 5.73. The Labute approximate surface area is 142 Å². The van der Waals surface area contributed by atoms with Crippen LogP contribution in [-0.4, -0.2) is 46.7 Å². The van der Waals surface area contributed by atoms with Crippen LogP contribution in [0.25, 0.3) is 0 Å². The smallest absolute Gasteiger partial charge is 0.325 e. The summed E-state index contributed by atoms with van der Waals surface area (Å²) in [4.78, 5) is 25.0. The highest BCUT2D eigenvalue weighted by atomic mass is 16.5. The van der Waals surface area contributed by atoms with Crippen molar-refractivity contribution in [3.63, 3.8) is 0 Å². The summed E-state index contributed by atoms with van der Waals surface area (Å²) in [5.74, 6) is 0.736. The molecule has 0 spiro atoms. The van der Waals surface area contributed by atoms with Gasteiger partial charge in [0.25, 0.3) is 5.91 Å². The standard InChI is InChI=1S/C18H26N2O4/c1-5-12(2)14-8-6-7-9-15(14)24-11-13(21)10-20-16(22)18(3,4)19-17(20)23/h6-9,12-13,21H,5,10-11H2,1-4H3,(H,19,23)/t12-,13-/m0/s1. The number of amides is 3. The van der Waals surface area contributed by atoms with E-state index >= 15 is 0 Å². The predicted octanol–water partition coefficient (Wildman–Crippen LogP) is 2.27. The first-order valence-electron chi connectivity index (χ1n) is 8.30. The number of para-hydroxylation sites is 1. The zero-order chi connectivity index (χ0) is 17.9. The number of rotatable bonds is 7. The van der Waals surface area contributed by atoms with Gasteiger partial charge in [-0.15, -0.1) is 0 Å². The lowest BCUT2D eigenvalue weighted by Crippen LogP contribution is -2.42. The summed E-state index contributed by atoms with van der Waals surface area (Å²) in [7, 11) is 0. The Hall–Kier alpha value is -2.08. The molecule has 2 atom stereocenters. The summed E-state index contributed by atoms with van der Waals surface area (Å²) in [6.07, 6.45) is 0.0408. The first-order valence-corrected chi connectivity index (χ1v) is 8.30. The number of carbonyl (C=O) groups is 2. The van der Waals surface area contributed by atoms with Crippen LogP contribution in [0, 0.1) is 0 Å². The molecule has 1 fully saturated rings. The SMILES string of the molecule is CC[C@H](C)c1ccccc1OC[C@@H](O)CN1C(=O)NC(C)(C)C1=O. The summed E-state index contributed by atoms with van der Waals surface area (Å²) in [6.45, 7) is 7.44. The topological polar surface area (TPSA) is 78.9 Å². The molecule has 1 aromatic rings.